The third kappa shape index (κ3) is 3.84. The molecule has 0 aromatic heterocycles. The maximum absolute atomic E-state index is 12.7. The van der Waals surface area contributed by atoms with Gasteiger partial charge >= 0.3 is 18.1 Å². The smallest absolute Gasteiger partial charge is 0.423 e. The highest BCUT2D eigenvalue weighted by molar-refractivity contribution is 5.91. The molecule has 0 aliphatic heterocycles. The Hall–Kier alpha value is -1.28. The Kier molecular flexibility index (Phi) is 5.83. The Bertz CT molecular complexity index is 408. The fourth-order valence-corrected chi connectivity index (χ4v) is 1.96. The molecule has 0 amide bonds. The lowest BCUT2D eigenvalue weighted by Gasteiger charge is -2.15. The Morgan fingerprint density at radius 3 is 2.26 bits per heavy atom. The first kappa shape index (κ1) is 17.7. The van der Waals surface area contributed by atoms with E-state index in [1.807, 2.05) is 0 Å². The van der Waals surface area contributed by atoms with Crippen LogP contribution in [0, 0.1) is 5.92 Å². The van der Waals surface area contributed by atoms with E-state index in [4.69, 9.17) is 10.8 Å². The predicted octanol–water partition coefficient (Wildman–Crippen LogP) is 1.26. The van der Waals surface area contributed by atoms with Gasteiger partial charge in [0.25, 0.3) is 0 Å². The van der Waals surface area contributed by atoms with E-state index in [1.54, 1.807) is 0 Å². The number of nitrogens with two attached hydrogens (primary N) is 1. The first-order valence-electron chi connectivity index (χ1n) is 5.05. The first-order valence-corrected chi connectivity index (χ1v) is 5.05. The summed E-state index contributed by atoms with van der Waals surface area (Å²) in [7, 11) is 0.823. The van der Waals surface area contributed by atoms with Crippen LogP contribution in [-0.2, 0) is 14.3 Å². The molecule has 3 N–H and O–H groups in total. The molecule has 2 atom stereocenters. The second kappa shape index (κ2) is 6.25. The van der Waals surface area contributed by atoms with Gasteiger partial charge < -0.3 is 15.6 Å². The molecule has 0 unspecified atom stereocenters. The van der Waals surface area contributed by atoms with Gasteiger partial charge in [0, 0.05) is 6.04 Å². The summed E-state index contributed by atoms with van der Waals surface area (Å²) < 4.78 is 42.3. The molecular weight excluding hydrogens is 291 g/mol. The van der Waals surface area contributed by atoms with Gasteiger partial charge in [-0.1, -0.05) is 0 Å². The van der Waals surface area contributed by atoms with E-state index in [-0.39, 0.29) is 25.2 Å². The Morgan fingerprint density at radius 2 is 1.95 bits per heavy atom. The number of methoxy groups -OCH3 is 1. The normalized spacial score (nSPS) is 25.5. The van der Waals surface area contributed by atoms with Crippen molar-refractivity contribution in [2.45, 2.75) is 25.1 Å². The van der Waals surface area contributed by atoms with Crippen molar-refractivity contribution in [2.24, 2.45) is 11.7 Å². The van der Waals surface area contributed by atoms with Gasteiger partial charge in [-0.3, -0.25) is 4.79 Å². The molecule has 1 aliphatic carbocycles. The number of hydrogen-bond donors (Lipinski definition) is 2. The van der Waals surface area contributed by atoms with E-state index in [2.05, 4.69) is 4.74 Å². The van der Waals surface area contributed by atoms with Crippen LogP contribution < -0.4 is 5.73 Å². The minimum Gasteiger partial charge on any atom is -0.481 e. The molecule has 0 bridgehead atoms. The van der Waals surface area contributed by atoms with E-state index >= 15 is 0 Å². The van der Waals surface area contributed by atoms with Crippen LogP contribution in [-0.4, -0.2) is 36.4 Å². The highest BCUT2D eigenvalue weighted by Gasteiger charge is 2.46. The minimum atomic E-state index is -4.91. The number of alkyl halides is 3. The molecule has 1 saturated carbocycles. The van der Waals surface area contributed by atoms with Crippen LogP contribution in [0.25, 0.3) is 0 Å². The number of hydrogen-bond acceptors (Lipinski definition) is 4. The average molecular weight is 304 g/mol. The quantitative estimate of drug-likeness (QED) is 0.592. The summed E-state index contributed by atoms with van der Waals surface area (Å²) in [6.45, 7) is 0. The zero-order valence-electron chi connectivity index (χ0n) is 9.86. The van der Waals surface area contributed by atoms with Gasteiger partial charge in [-0.15, -0.1) is 12.4 Å². The van der Waals surface area contributed by atoms with E-state index < -0.39 is 41.2 Å². The third-order valence-corrected chi connectivity index (χ3v) is 2.80. The second-order valence-electron chi connectivity index (χ2n) is 3.97. The molecule has 5 nitrogen and oxygen atoms in total. The van der Waals surface area contributed by atoms with Crippen molar-refractivity contribution in [3.05, 3.63) is 11.1 Å². The van der Waals surface area contributed by atoms with Gasteiger partial charge in [0.1, 0.15) is 5.57 Å². The van der Waals surface area contributed by atoms with Gasteiger partial charge in [0.05, 0.1) is 13.0 Å². The number of esters is 1. The van der Waals surface area contributed by atoms with Crippen molar-refractivity contribution in [1.29, 1.82) is 0 Å². The monoisotopic (exact) mass is 303 g/mol. The number of carboxylic acid groups (broad SMARTS) is 1. The standard InChI is InChI=1S/C10H12F3NO4.ClH/c1-18-9(17)7(10(11,12)13)5-2-4(8(15)16)3-6(5)14;/h4,6H,2-3,14H2,1H3,(H,15,16);1H/b7-5+;/t4-,6-;/m0./s1. The summed E-state index contributed by atoms with van der Waals surface area (Å²) in [6, 6.07) is -1.10. The second-order valence-corrected chi connectivity index (χ2v) is 3.97. The van der Waals surface area contributed by atoms with Crippen molar-refractivity contribution >= 4 is 24.3 Å². The molecule has 1 aliphatic rings. The van der Waals surface area contributed by atoms with Gasteiger partial charge in [-0.2, -0.15) is 13.2 Å². The number of rotatable bonds is 2. The maximum atomic E-state index is 12.7. The van der Waals surface area contributed by atoms with Crippen LogP contribution in [0.4, 0.5) is 13.2 Å². The van der Waals surface area contributed by atoms with Crippen molar-refractivity contribution in [1.82, 2.24) is 0 Å². The van der Waals surface area contributed by atoms with Gasteiger partial charge in [0.15, 0.2) is 0 Å². The molecule has 1 fully saturated rings. The highest BCUT2D eigenvalue weighted by Crippen LogP contribution is 2.38. The molecule has 0 spiro atoms. The zero-order chi connectivity index (χ0) is 14.1. The lowest BCUT2D eigenvalue weighted by molar-refractivity contribution is -0.148. The summed E-state index contributed by atoms with van der Waals surface area (Å²) in [6.07, 6.45) is -5.42. The Morgan fingerprint density at radius 1 is 1.42 bits per heavy atom. The van der Waals surface area contributed by atoms with Crippen molar-refractivity contribution in [3.8, 4) is 0 Å². The SMILES string of the molecule is COC(=O)/C(=C1/C[C@H](C(=O)O)C[C@@H]1N)C(F)(F)F.Cl. The van der Waals surface area contributed by atoms with Crippen molar-refractivity contribution < 1.29 is 32.6 Å². The van der Waals surface area contributed by atoms with E-state index in [0.29, 0.717) is 0 Å². The number of aliphatic carboxylic acids is 1. The Balaban J connectivity index is 0.00000324. The first-order chi connectivity index (χ1) is 8.18. The number of carbonyl (C=O) groups excluding carboxylic acids is 1. The summed E-state index contributed by atoms with van der Waals surface area (Å²) >= 11 is 0. The average Bonchev–Trinajstić information content (AvgIpc) is 2.59. The van der Waals surface area contributed by atoms with E-state index in [0.717, 1.165) is 7.11 Å². The van der Waals surface area contributed by atoms with Gasteiger partial charge in [-0.25, -0.2) is 4.79 Å². The van der Waals surface area contributed by atoms with Crippen molar-refractivity contribution in [2.75, 3.05) is 7.11 Å². The van der Waals surface area contributed by atoms with Crippen LogP contribution in [0.15, 0.2) is 11.1 Å². The fraction of sp³-hybridized carbons (Fsp3) is 0.600. The number of ether oxygens (including phenoxy) is 1. The van der Waals surface area contributed by atoms with Crippen LogP contribution in [0.5, 0.6) is 0 Å². The highest BCUT2D eigenvalue weighted by atomic mass is 35.5. The topological polar surface area (TPSA) is 89.6 Å². The summed E-state index contributed by atoms with van der Waals surface area (Å²) in [5.74, 6) is -3.78. The molecule has 0 saturated heterocycles. The summed E-state index contributed by atoms with van der Waals surface area (Å²) in [4.78, 5) is 21.9. The van der Waals surface area contributed by atoms with Gasteiger partial charge in [0.2, 0.25) is 0 Å². The molecule has 0 aromatic carbocycles. The molecule has 9 heteroatoms. The van der Waals surface area contributed by atoms with Crippen LogP contribution in [0.1, 0.15) is 12.8 Å². The van der Waals surface area contributed by atoms with Gasteiger partial charge in [-0.05, 0) is 18.4 Å². The fourth-order valence-electron chi connectivity index (χ4n) is 1.96. The third-order valence-electron chi connectivity index (χ3n) is 2.80. The zero-order valence-corrected chi connectivity index (χ0v) is 10.7. The molecule has 0 heterocycles. The number of carbonyl (C=O) groups is 2. The van der Waals surface area contributed by atoms with E-state index in [9.17, 15) is 22.8 Å². The predicted molar refractivity (Wildman–Crippen MR) is 60.7 cm³/mol. The lowest BCUT2D eigenvalue weighted by atomic mass is 10.0. The largest absolute Gasteiger partial charge is 0.481 e. The van der Waals surface area contributed by atoms with Crippen LogP contribution >= 0.6 is 12.4 Å². The lowest BCUT2D eigenvalue weighted by Crippen LogP contribution is -2.28. The molecular formula is C10H13ClF3NO4. The number of carboxylic acids is 1. The van der Waals surface area contributed by atoms with Crippen LogP contribution in [0.3, 0.4) is 0 Å². The minimum absolute atomic E-state index is 0. The molecule has 1 rings (SSSR count). The molecule has 19 heavy (non-hydrogen) atoms. The summed E-state index contributed by atoms with van der Waals surface area (Å²) in [5, 5.41) is 8.75. The Labute approximate surface area is 113 Å². The molecule has 110 valence electrons. The number of halogens is 4. The van der Waals surface area contributed by atoms with E-state index in [1.165, 1.54) is 0 Å². The molecule has 0 radical (unpaired) electrons. The van der Waals surface area contributed by atoms with Crippen molar-refractivity contribution in [3.63, 3.8) is 0 Å². The molecule has 0 aromatic rings. The van der Waals surface area contributed by atoms with Crippen LogP contribution in [0.2, 0.25) is 0 Å². The maximum Gasteiger partial charge on any atom is 0.423 e. The summed E-state index contributed by atoms with van der Waals surface area (Å²) in [5.41, 5.74) is 3.58.